The Hall–Kier alpha value is -4.40. The first-order valence-corrected chi connectivity index (χ1v) is 15.0. The highest BCUT2D eigenvalue weighted by Crippen LogP contribution is 2.46. The standard InChI is InChI=1S/C30H31FN6O6S/c1-29(15-26(39)34-28-32-8-11-44-28)21-14-24(43-19-2-3-20(27(40)41)22(31)13-19)23(12-18(21)4-7-33-29)42-10-9-37-16-25(35-36-37)30(17-38)5-6-30/h2-3,8,11-14,16,33,38H,4-7,9-10,15,17H2,1H3,(H,40,41)(H,32,34,39)/t29-/m1/s1. The number of ether oxygens (including phenoxy) is 2. The smallest absolute Gasteiger partial charge is 0.338 e. The molecule has 0 spiro atoms. The topological polar surface area (TPSA) is 161 Å². The molecule has 2 aliphatic rings. The molecular formula is C30H31FN6O6S. The van der Waals surface area contributed by atoms with Gasteiger partial charge in [-0.05, 0) is 61.6 Å². The lowest BCUT2D eigenvalue weighted by atomic mass is 9.81. The van der Waals surface area contributed by atoms with Gasteiger partial charge < -0.3 is 30.3 Å². The molecule has 1 fully saturated rings. The molecule has 1 aliphatic heterocycles. The highest BCUT2D eigenvalue weighted by atomic mass is 32.1. The second-order valence-electron chi connectivity index (χ2n) is 11.2. The first kappa shape index (κ1) is 29.7. The molecule has 4 N–H and O–H groups in total. The van der Waals surface area contributed by atoms with Gasteiger partial charge >= 0.3 is 5.97 Å². The molecule has 230 valence electrons. The maximum atomic E-state index is 14.5. The van der Waals surface area contributed by atoms with E-state index in [-0.39, 0.29) is 42.5 Å². The predicted molar refractivity (Wildman–Crippen MR) is 158 cm³/mol. The van der Waals surface area contributed by atoms with Gasteiger partial charge in [-0.1, -0.05) is 5.21 Å². The number of carbonyl (C=O) groups is 2. The SMILES string of the molecule is C[C@]1(CC(=O)Nc2nccs2)NCCc2cc(OCCn3cc(C4(CO)CC4)nn3)c(Oc3ccc(C(=O)O)c(F)c3)cc21. The van der Waals surface area contributed by atoms with Gasteiger partial charge in [0.2, 0.25) is 5.91 Å². The predicted octanol–water partition coefficient (Wildman–Crippen LogP) is 3.86. The lowest BCUT2D eigenvalue weighted by molar-refractivity contribution is -0.117. The number of hydrogen-bond acceptors (Lipinski definition) is 10. The van der Waals surface area contributed by atoms with Crippen molar-refractivity contribution in [3.05, 3.63) is 76.3 Å². The Labute approximate surface area is 255 Å². The Bertz CT molecular complexity index is 1690. The Morgan fingerprint density at radius 2 is 2.07 bits per heavy atom. The lowest BCUT2D eigenvalue weighted by Crippen LogP contribution is -2.47. The quantitative estimate of drug-likeness (QED) is 0.183. The maximum absolute atomic E-state index is 14.5. The Morgan fingerprint density at radius 1 is 1.23 bits per heavy atom. The van der Waals surface area contributed by atoms with E-state index in [1.54, 1.807) is 22.3 Å². The summed E-state index contributed by atoms with van der Waals surface area (Å²) < 4.78 is 28.4. The van der Waals surface area contributed by atoms with Crippen molar-refractivity contribution >= 4 is 28.3 Å². The fourth-order valence-corrected chi connectivity index (χ4v) is 5.96. The van der Waals surface area contributed by atoms with Crippen molar-refractivity contribution in [2.45, 2.75) is 50.1 Å². The van der Waals surface area contributed by atoms with Gasteiger partial charge in [0.1, 0.15) is 18.2 Å². The number of aromatic nitrogens is 4. The summed E-state index contributed by atoms with van der Waals surface area (Å²) >= 11 is 1.33. The normalized spacial score (nSPS) is 18.3. The molecule has 1 aliphatic carbocycles. The summed E-state index contributed by atoms with van der Waals surface area (Å²) in [6, 6.07) is 7.17. The van der Waals surface area contributed by atoms with Gasteiger partial charge in [0, 0.05) is 47.8 Å². The summed E-state index contributed by atoms with van der Waals surface area (Å²) in [6.07, 6.45) is 5.98. The zero-order chi connectivity index (χ0) is 30.9. The maximum Gasteiger partial charge on any atom is 0.338 e. The molecule has 0 unspecified atom stereocenters. The Kier molecular flexibility index (Phi) is 8.05. The van der Waals surface area contributed by atoms with E-state index in [1.165, 1.54) is 17.4 Å². The molecule has 1 atom stereocenters. The zero-order valence-corrected chi connectivity index (χ0v) is 24.7. The molecule has 14 heteroatoms. The molecule has 6 rings (SSSR count). The number of hydrogen-bond donors (Lipinski definition) is 4. The molecule has 1 saturated carbocycles. The first-order valence-electron chi connectivity index (χ1n) is 14.1. The number of aliphatic hydroxyl groups excluding tert-OH is 1. The number of nitrogens with one attached hydrogen (secondary N) is 2. The summed E-state index contributed by atoms with van der Waals surface area (Å²) in [5.41, 5.74) is 1.03. The van der Waals surface area contributed by atoms with Crippen LogP contribution in [0.4, 0.5) is 9.52 Å². The monoisotopic (exact) mass is 622 g/mol. The molecule has 0 saturated heterocycles. The molecule has 0 radical (unpaired) electrons. The highest BCUT2D eigenvalue weighted by molar-refractivity contribution is 7.13. The minimum atomic E-state index is -1.38. The van der Waals surface area contributed by atoms with Crippen LogP contribution in [-0.4, -0.2) is 61.8 Å². The lowest BCUT2D eigenvalue weighted by Gasteiger charge is -2.37. The van der Waals surface area contributed by atoms with E-state index in [4.69, 9.17) is 9.47 Å². The number of thiazole rings is 1. The molecule has 1 amide bonds. The second kappa shape index (κ2) is 11.9. The number of nitrogens with zero attached hydrogens (tertiary/aromatic N) is 4. The van der Waals surface area contributed by atoms with E-state index in [0.29, 0.717) is 30.4 Å². The van der Waals surface area contributed by atoms with Crippen LogP contribution in [0.25, 0.3) is 0 Å². The number of benzene rings is 2. The van der Waals surface area contributed by atoms with Crippen LogP contribution in [-0.2, 0) is 28.7 Å². The summed E-state index contributed by atoms with van der Waals surface area (Å²) in [4.78, 5) is 28.4. The van der Waals surface area contributed by atoms with Gasteiger partial charge in [-0.15, -0.1) is 16.4 Å². The van der Waals surface area contributed by atoms with Crippen molar-refractivity contribution < 1.29 is 33.7 Å². The number of anilines is 1. The van der Waals surface area contributed by atoms with Crippen LogP contribution >= 0.6 is 11.3 Å². The van der Waals surface area contributed by atoms with Gasteiger partial charge in [0.25, 0.3) is 0 Å². The van der Waals surface area contributed by atoms with Crippen molar-refractivity contribution in [2.75, 3.05) is 25.1 Å². The number of aromatic carboxylic acids is 1. The number of carbonyl (C=O) groups excluding carboxylic acids is 1. The average Bonchev–Trinajstić information content (AvgIpc) is 3.34. The Morgan fingerprint density at radius 3 is 2.77 bits per heavy atom. The highest BCUT2D eigenvalue weighted by Gasteiger charge is 2.46. The van der Waals surface area contributed by atoms with Crippen molar-refractivity contribution in [2.24, 2.45) is 0 Å². The number of aliphatic hydroxyl groups is 1. The molecule has 3 heterocycles. The fourth-order valence-electron chi connectivity index (χ4n) is 5.42. The largest absolute Gasteiger partial charge is 0.488 e. The number of carboxylic acid groups (broad SMARTS) is 1. The molecule has 12 nitrogen and oxygen atoms in total. The van der Waals surface area contributed by atoms with Crippen LogP contribution in [0.1, 0.15) is 53.4 Å². The van der Waals surface area contributed by atoms with Crippen molar-refractivity contribution in [3.63, 3.8) is 0 Å². The van der Waals surface area contributed by atoms with E-state index >= 15 is 0 Å². The van der Waals surface area contributed by atoms with Gasteiger partial charge in [-0.2, -0.15) is 0 Å². The first-order chi connectivity index (χ1) is 21.2. The van der Waals surface area contributed by atoms with Crippen molar-refractivity contribution in [3.8, 4) is 17.2 Å². The van der Waals surface area contributed by atoms with Crippen LogP contribution in [0.3, 0.4) is 0 Å². The van der Waals surface area contributed by atoms with Crippen LogP contribution < -0.4 is 20.1 Å². The van der Waals surface area contributed by atoms with Crippen LogP contribution in [0.5, 0.6) is 17.2 Å². The molecule has 2 aromatic carbocycles. The zero-order valence-electron chi connectivity index (χ0n) is 23.9. The molecule has 44 heavy (non-hydrogen) atoms. The van der Waals surface area contributed by atoms with Crippen LogP contribution in [0.15, 0.2) is 48.1 Å². The second-order valence-corrected chi connectivity index (χ2v) is 12.1. The average molecular weight is 623 g/mol. The van der Waals surface area contributed by atoms with E-state index in [1.807, 2.05) is 19.2 Å². The number of amides is 1. The summed E-state index contributed by atoms with van der Waals surface area (Å²) in [5, 5.41) is 35.9. The summed E-state index contributed by atoms with van der Waals surface area (Å²) in [7, 11) is 0. The van der Waals surface area contributed by atoms with E-state index in [9.17, 15) is 24.2 Å². The third-order valence-corrected chi connectivity index (χ3v) is 8.77. The van der Waals surface area contributed by atoms with Gasteiger partial charge in [0.05, 0.1) is 24.4 Å². The number of halogens is 1. The summed E-state index contributed by atoms with van der Waals surface area (Å²) in [6.45, 7) is 3.18. The number of carboxylic acids is 1. The third kappa shape index (κ3) is 6.14. The minimum absolute atomic E-state index is 0.0341. The van der Waals surface area contributed by atoms with Crippen LogP contribution in [0.2, 0.25) is 0 Å². The van der Waals surface area contributed by atoms with E-state index < -0.39 is 22.9 Å². The van der Waals surface area contributed by atoms with E-state index in [2.05, 4.69) is 25.9 Å². The third-order valence-electron chi connectivity index (χ3n) is 8.08. The number of fused-ring (bicyclic) bond motifs is 1. The van der Waals surface area contributed by atoms with Crippen molar-refractivity contribution in [1.29, 1.82) is 0 Å². The minimum Gasteiger partial charge on any atom is -0.488 e. The molecular weight excluding hydrogens is 591 g/mol. The van der Waals surface area contributed by atoms with E-state index in [0.717, 1.165) is 41.8 Å². The molecule has 2 aromatic heterocycles. The van der Waals surface area contributed by atoms with Gasteiger partial charge in [0.15, 0.2) is 16.6 Å². The van der Waals surface area contributed by atoms with Gasteiger partial charge in [-0.25, -0.2) is 18.9 Å². The van der Waals surface area contributed by atoms with Gasteiger partial charge in [-0.3, -0.25) is 4.79 Å². The fraction of sp³-hybridized carbons (Fsp3) is 0.367. The molecule has 4 aromatic rings. The summed E-state index contributed by atoms with van der Waals surface area (Å²) in [5.74, 6) is -1.76. The molecule has 0 bridgehead atoms. The van der Waals surface area contributed by atoms with Crippen molar-refractivity contribution in [1.82, 2.24) is 25.3 Å². The van der Waals surface area contributed by atoms with Crippen LogP contribution in [0, 0.1) is 5.82 Å². The Balaban J connectivity index is 1.26. The number of rotatable bonds is 12.